The first-order valence-electron chi connectivity index (χ1n) is 7.33. The summed E-state index contributed by atoms with van der Waals surface area (Å²) >= 11 is 0. The maximum atomic E-state index is 4.35. The molecule has 4 heteroatoms. The van der Waals surface area contributed by atoms with Crippen molar-refractivity contribution in [3.05, 3.63) is 48.0 Å². The molecule has 20 heavy (non-hydrogen) atoms. The third kappa shape index (κ3) is 3.67. The van der Waals surface area contributed by atoms with Gasteiger partial charge in [0.2, 0.25) is 0 Å². The van der Waals surface area contributed by atoms with Gasteiger partial charge >= 0.3 is 0 Å². The van der Waals surface area contributed by atoms with Crippen LogP contribution in [0.2, 0.25) is 0 Å². The Kier molecular flexibility index (Phi) is 5.30. The summed E-state index contributed by atoms with van der Waals surface area (Å²) in [6.07, 6.45) is 3.66. The van der Waals surface area contributed by atoms with Gasteiger partial charge in [-0.3, -0.25) is 4.68 Å². The normalized spacial score (nSPS) is 14.2. The van der Waals surface area contributed by atoms with E-state index in [4.69, 9.17) is 0 Å². The topological polar surface area (TPSA) is 42.7 Å². The van der Waals surface area contributed by atoms with E-state index in [1.54, 1.807) is 6.33 Å². The van der Waals surface area contributed by atoms with E-state index in [1.165, 1.54) is 5.56 Å². The van der Waals surface area contributed by atoms with Gasteiger partial charge in [-0.05, 0) is 24.4 Å². The quantitative estimate of drug-likeness (QED) is 0.842. The molecule has 1 heterocycles. The van der Waals surface area contributed by atoms with E-state index in [0.717, 1.165) is 25.2 Å². The van der Waals surface area contributed by atoms with Crippen molar-refractivity contribution in [2.45, 2.75) is 38.6 Å². The fourth-order valence-electron chi connectivity index (χ4n) is 2.45. The molecule has 108 valence electrons. The summed E-state index contributed by atoms with van der Waals surface area (Å²) < 4.78 is 1.86. The Morgan fingerprint density at radius 2 is 2.00 bits per heavy atom. The molecule has 1 aromatic carbocycles. The predicted molar refractivity (Wildman–Crippen MR) is 81.6 cm³/mol. The third-order valence-electron chi connectivity index (χ3n) is 3.79. The highest BCUT2D eigenvalue weighted by Gasteiger charge is 2.20. The lowest BCUT2D eigenvalue weighted by molar-refractivity contribution is 0.433. The van der Waals surface area contributed by atoms with E-state index in [-0.39, 0.29) is 0 Å². The van der Waals surface area contributed by atoms with Crippen LogP contribution >= 0.6 is 0 Å². The van der Waals surface area contributed by atoms with Crippen molar-refractivity contribution < 1.29 is 0 Å². The van der Waals surface area contributed by atoms with Gasteiger partial charge in [0.25, 0.3) is 0 Å². The van der Waals surface area contributed by atoms with Crippen LogP contribution in [0, 0.1) is 0 Å². The number of rotatable bonds is 7. The molecule has 2 rings (SSSR count). The van der Waals surface area contributed by atoms with Crippen LogP contribution in [0.15, 0.2) is 36.7 Å². The summed E-state index contributed by atoms with van der Waals surface area (Å²) in [6.45, 7) is 5.50. The zero-order valence-corrected chi connectivity index (χ0v) is 12.6. The summed E-state index contributed by atoms with van der Waals surface area (Å²) in [4.78, 5) is 4.35. The van der Waals surface area contributed by atoms with Gasteiger partial charge in [-0.15, -0.1) is 0 Å². The Morgan fingerprint density at radius 1 is 1.25 bits per heavy atom. The smallest absolute Gasteiger partial charge is 0.138 e. The van der Waals surface area contributed by atoms with Gasteiger partial charge in [0.1, 0.15) is 12.2 Å². The zero-order valence-electron chi connectivity index (χ0n) is 12.6. The Labute approximate surface area is 121 Å². The number of aromatic nitrogens is 3. The van der Waals surface area contributed by atoms with Gasteiger partial charge in [0.15, 0.2) is 0 Å². The first-order chi connectivity index (χ1) is 9.72. The Bertz CT molecular complexity index is 506. The molecule has 1 aromatic heterocycles. The molecule has 2 atom stereocenters. The van der Waals surface area contributed by atoms with Crippen molar-refractivity contribution in [2.75, 3.05) is 6.54 Å². The SMILES string of the molecule is CCCNC(Cc1ncnn1C)C(C)c1ccccc1. The number of benzene rings is 1. The minimum atomic E-state index is 0.375. The number of nitrogens with zero attached hydrogens (tertiary/aromatic N) is 3. The minimum absolute atomic E-state index is 0.375. The van der Waals surface area contributed by atoms with Gasteiger partial charge in [-0.1, -0.05) is 44.2 Å². The fraction of sp³-hybridized carbons (Fsp3) is 0.500. The van der Waals surface area contributed by atoms with Gasteiger partial charge < -0.3 is 5.32 Å². The zero-order chi connectivity index (χ0) is 14.4. The lowest BCUT2D eigenvalue weighted by atomic mass is 9.91. The molecule has 0 saturated heterocycles. The first-order valence-corrected chi connectivity index (χ1v) is 7.33. The highest BCUT2D eigenvalue weighted by atomic mass is 15.3. The summed E-state index contributed by atoms with van der Waals surface area (Å²) in [5.74, 6) is 1.47. The number of hydrogen-bond acceptors (Lipinski definition) is 3. The standard InChI is InChI=1S/C16H24N4/c1-4-10-17-15(11-16-18-12-19-20(16)3)13(2)14-8-6-5-7-9-14/h5-9,12-13,15,17H,4,10-11H2,1-3H3. The maximum absolute atomic E-state index is 4.35. The molecular weight excluding hydrogens is 248 g/mol. The summed E-state index contributed by atoms with van der Waals surface area (Å²) in [7, 11) is 1.95. The highest BCUT2D eigenvalue weighted by molar-refractivity contribution is 5.21. The highest BCUT2D eigenvalue weighted by Crippen LogP contribution is 2.21. The van der Waals surface area contributed by atoms with Crippen LogP contribution in [0.25, 0.3) is 0 Å². The Hall–Kier alpha value is -1.68. The fourth-order valence-corrected chi connectivity index (χ4v) is 2.45. The van der Waals surface area contributed by atoms with E-state index < -0.39 is 0 Å². The molecule has 4 nitrogen and oxygen atoms in total. The lowest BCUT2D eigenvalue weighted by Crippen LogP contribution is -2.37. The molecule has 2 unspecified atom stereocenters. The molecule has 0 aliphatic heterocycles. The van der Waals surface area contributed by atoms with Crippen molar-refractivity contribution in [3.8, 4) is 0 Å². The minimum Gasteiger partial charge on any atom is -0.313 e. The second-order valence-electron chi connectivity index (χ2n) is 5.26. The summed E-state index contributed by atoms with van der Waals surface area (Å²) in [6, 6.07) is 11.0. The molecule has 1 N–H and O–H groups in total. The van der Waals surface area contributed by atoms with Gasteiger partial charge in [-0.2, -0.15) is 5.10 Å². The van der Waals surface area contributed by atoms with Crippen LogP contribution in [0.1, 0.15) is 37.6 Å². The molecule has 0 radical (unpaired) electrons. The summed E-state index contributed by atoms with van der Waals surface area (Å²) in [5.41, 5.74) is 1.36. The second-order valence-corrected chi connectivity index (χ2v) is 5.26. The molecule has 0 fully saturated rings. The van der Waals surface area contributed by atoms with E-state index >= 15 is 0 Å². The molecule has 0 spiro atoms. The van der Waals surface area contributed by atoms with Crippen LogP contribution in [0.3, 0.4) is 0 Å². The molecule has 0 amide bonds. The van der Waals surface area contributed by atoms with Gasteiger partial charge in [-0.25, -0.2) is 4.98 Å². The van der Waals surface area contributed by atoms with E-state index in [2.05, 4.69) is 59.6 Å². The number of aryl methyl sites for hydroxylation is 1. The number of nitrogens with one attached hydrogen (secondary N) is 1. The average Bonchev–Trinajstić information content (AvgIpc) is 2.89. The van der Waals surface area contributed by atoms with Crippen molar-refractivity contribution in [1.29, 1.82) is 0 Å². The molecule has 0 aliphatic carbocycles. The van der Waals surface area contributed by atoms with Crippen LogP contribution in [-0.2, 0) is 13.5 Å². The van der Waals surface area contributed by atoms with Crippen molar-refractivity contribution >= 4 is 0 Å². The summed E-state index contributed by atoms with van der Waals surface area (Å²) in [5, 5.41) is 7.81. The van der Waals surface area contributed by atoms with Gasteiger partial charge in [0, 0.05) is 19.5 Å². The molecule has 2 aromatic rings. The molecular formula is C16H24N4. The maximum Gasteiger partial charge on any atom is 0.138 e. The molecule has 0 saturated carbocycles. The molecule has 0 aliphatic rings. The Balaban J connectivity index is 2.12. The first kappa shape index (κ1) is 14.7. The number of hydrogen-bond donors (Lipinski definition) is 1. The van der Waals surface area contributed by atoms with E-state index in [1.807, 2.05) is 11.7 Å². The Morgan fingerprint density at radius 3 is 2.60 bits per heavy atom. The third-order valence-corrected chi connectivity index (χ3v) is 3.79. The van der Waals surface area contributed by atoms with E-state index in [0.29, 0.717) is 12.0 Å². The monoisotopic (exact) mass is 272 g/mol. The van der Waals surface area contributed by atoms with E-state index in [9.17, 15) is 0 Å². The molecule has 0 bridgehead atoms. The van der Waals surface area contributed by atoms with Crippen LogP contribution in [0.5, 0.6) is 0 Å². The van der Waals surface area contributed by atoms with Gasteiger partial charge in [0.05, 0.1) is 0 Å². The van der Waals surface area contributed by atoms with Crippen LogP contribution < -0.4 is 5.32 Å². The lowest BCUT2D eigenvalue weighted by Gasteiger charge is -2.25. The largest absolute Gasteiger partial charge is 0.313 e. The van der Waals surface area contributed by atoms with Crippen LogP contribution in [-0.4, -0.2) is 27.4 Å². The van der Waals surface area contributed by atoms with Crippen molar-refractivity contribution in [3.63, 3.8) is 0 Å². The predicted octanol–water partition coefficient (Wildman–Crippen LogP) is 2.53. The second kappa shape index (κ2) is 7.20. The van der Waals surface area contributed by atoms with Crippen molar-refractivity contribution in [1.82, 2.24) is 20.1 Å². The van der Waals surface area contributed by atoms with Crippen LogP contribution in [0.4, 0.5) is 0 Å². The average molecular weight is 272 g/mol. The van der Waals surface area contributed by atoms with Crippen molar-refractivity contribution in [2.24, 2.45) is 7.05 Å².